The molecule has 214 valence electrons. The molecule has 41 heavy (non-hydrogen) atoms. The van der Waals surface area contributed by atoms with Gasteiger partial charge in [-0.05, 0) is 47.5 Å². The van der Waals surface area contributed by atoms with Crippen LogP contribution in [0.1, 0.15) is 23.9 Å². The Kier molecular flexibility index (Phi) is 5.95. The maximum Gasteiger partial charge on any atom is 0.347 e. The molecule has 0 bridgehead atoms. The van der Waals surface area contributed by atoms with Gasteiger partial charge in [0.25, 0.3) is 11.8 Å². The van der Waals surface area contributed by atoms with Crippen molar-refractivity contribution >= 4 is 40.7 Å². The molecule has 0 unspecified atom stereocenters. The van der Waals surface area contributed by atoms with Crippen LogP contribution in [0.15, 0.2) is 57.6 Å². The van der Waals surface area contributed by atoms with Crippen molar-refractivity contribution in [2.75, 3.05) is 19.1 Å². The molecule has 1 saturated heterocycles. The predicted octanol–water partition coefficient (Wildman–Crippen LogP) is 2.41. The van der Waals surface area contributed by atoms with Crippen molar-refractivity contribution in [1.29, 1.82) is 0 Å². The molecule has 2 amide bonds. The number of amides is 2. The van der Waals surface area contributed by atoms with Gasteiger partial charge in [-0.15, -0.1) is 23.2 Å². The zero-order chi connectivity index (χ0) is 29.6. The van der Waals surface area contributed by atoms with Gasteiger partial charge in [-0.2, -0.15) is 0 Å². The van der Waals surface area contributed by atoms with Crippen LogP contribution >= 0.6 is 23.2 Å². The Labute approximate surface area is 241 Å². The first kappa shape index (κ1) is 27.2. The zero-order valence-electron chi connectivity index (χ0n) is 21.9. The minimum absolute atomic E-state index is 0.000674. The summed E-state index contributed by atoms with van der Waals surface area (Å²) in [6.45, 7) is -0.0182. The van der Waals surface area contributed by atoms with Gasteiger partial charge >= 0.3 is 11.4 Å². The van der Waals surface area contributed by atoms with Crippen LogP contribution in [0.3, 0.4) is 0 Å². The average Bonchev–Trinajstić information content (AvgIpc) is 3.27. The minimum atomic E-state index is -2.16. The maximum absolute atomic E-state index is 14.3. The molecule has 2 aliphatic heterocycles. The third-order valence-electron chi connectivity index (χ3n) is 8.19. The first-order valence-corrected chi connectivity index (χ1v) is 13.2. The summed E-state index contributed by atoms with van der Waals surface area (Å²) < 4.78 is 27.8. The number of anilines is 1. The summed E-state index contributed by atoms with van der Waals surface area (Å²) >= 11 is 14.5. The smallest absolute Gasteiger partial charge is 0.347 e. The van der Waals surface area contributed by atoms with E-state index in [2.05, 4.69) is 0 Å². The molecule has 14 heteroatoms. The second-order valence-electron chi connectivity index (χ2n) is 10.1. The fourth-order valence-corrected chi connectivity index (χ4v) is 7.14. The number of phenolic OH excluding ortho intramolecular Hbond substituents is 1. The number of nitrogens with zero attached hydrogens (tertiary/aromatic N) is 4. The number of halogens is 3. The quantitative estimate of drug-likeness (QED) is 0.275. The normalized spacial score (nSPS) is 26.8. The Morgan fingerprint density at radius 1 is 0.976 bits per heavy atom. The Morgan fingerprint density at radius 3 is 2.17 bits per heavy atom. The highest BCUT2D eigenvalue weighted by atomic mass is 35.5. The number of alkyl halides is 2. The van der Waals surface area contributed by atoms with Crippen LogP contribution in [0.4, 0.5) is 10.1 Å². The third kappa shape index (κ3) is 3.37. The van der Waals surface area contributed by atoms with E-state index in [-0.39, 0.29) is 35.9 Å². The number of hydrogen-bond acceptors (Lipinski definition) is 7. The van der Waals surface area contributed by atoms with E-state index in [0.29, 0.717) is 11.1 Å². The highest BCUT2D eigenvalue weighted by molar-refractivity contribution is 6.58. The number of imide groups is 1. The lowest BCUT2D eigenvalue weighted by atomic mass is 9.64. The predicted molar refractivity (Wildman–Crippen MR) is 146 cm³/mol. The van der Waals surface area contributed by atoms with Gasteiger partial charge in [-0.1, -0.05) is 6.08 Å². The summed E-state index contributed by atoms with van der Waals surface area (Å²) in [6.07, 6.45) is 1.37. The SMILES string of the molecule is COc1cc([C@H]2C3=CCn4c(=O)n(C)c(=O)n4[C@@H]3C[C@@]3(Cl)C(=O)N(c4ccc(F)cc4)C(=O)[C@@]23Cl)cc(OC)c1O. The van der Waals surface area contributed by atoms with Crippen LogP contribution in [-0.4, -0.2) is 54.8 Å². The summed E-state index contributed by atoms with van der Waals surface area (Å²) in [4.78, 5) is 51.0. The average molecular weight is 605 g/mol. The molecule has 11 nitrogen and oxygen atoms in total. The first-order valence-electron chi connectivity index (χ1n) is 12.5. The molecule has 3 aliphatic rings. The van der Waals surface area contributed by atoms with Crippen LogP contribution in [0.2, 0.25) is 0 Å². The molecular formula is C27H23Cl2FN4O7. The zero-order valence-corrected chi connectivity index (χ0v) is 23.4. The summed E-state index contributed by atoms with van der Waals surface area (Å²) in [6, 6.07) is 6.65. The van der Waals surface area contributed by atoms with Gasteiger partial charge < -0.3 is 14.6 Å². The van der Waals surface area contributed by atoms with Gasteiger partial charge in [-0.25, -0.2) is 32.8 Å². The molecule has 4 atom stereocenters. The molecule has 1 N–H and O–H groups in total. The van der Waals surface area contributed by atoms with E-state index in [4.69, 9.17) is 32.7 Å². The minimum Gasteiger partial charge on any atom is -0.502 e. The molecular weight excluding hydrogens is 582 g/mol. The van der Waals surface area contributed by atoms with E-state index in [1.165, 1.54) is 54.9 Å². The second kappa shape index (κ2) is 8.98. The monoisotopic (exact) mass is 604 g/mol. The van der Waals surface area contributed by atoms with E-state index in [0.717, 1.165) is 21.6 Å². The van der Waals surface area contributed by atoms with Crippen LogP contribution in [0, 0.1) is 5.82 Å². The topological polar surface area (TPSA) is 125 Å². The van der Waals surface area contributed by atoms with Gasteiger partial charge in [0.1, 0.15) is 5.82 Å². The fourth-order valence-electron chi connectivity index (χ4n) is 6.22. The number of hydrogen-bond donors (Lipinski definition) is 1. The first-order chi connectivity index (χ1) is 19.4. The molecule has 0 radical (unpaired) electrons. The van der Waals surface area contributed by atoms with Crippen LogP contribution in [0.25, 0.3) is 0 Å². The summed E-state index contributed by atoms with van der Waals surface area (Å²) in [5, 5.41) is 10.6. The molecule has 2 fully saturated rings. The standard InChI is InChI=1S/C27H23Cl2FN4O7/c1-31-24(38)32-9-8-16-17(34(32)25(31)39)12-26(28)22(36)33(15-6-4-14(30)5-7-15)23(37)27(26,29)20(16)13-10-18(40-2)21(35)19(11-13)41-3/h4-8,10-11,17,20,35H,9,12H2,1-3H3/t17-,20+,26-,27+/m1/s1. The van der Waals surface area contributed by atoms with Crippen molar-refractivity contribution in [1.82, 2.24) is 13.9 Å². The molecule has 2 aromatic carbocycles. The number of carbonyl (C=O) groups is 2. The fraction of sp³-hybridized carbons (Fsp3) is 0.333. The number of carbonyl (C=O) groups excluding carboxylic acids is 2. The summed E-state index contributed by atoms with van der Waals surface area (Å²) in [5.41, 5.74) is -0.390. The van der Waals surface area contributed by atoms with Crippen molar-refractivity contribution in [2.45, 2.75) is 34.7 Å². The van der Waals surface area contributed by atoms with E-state index in [1.54, 1.807) is 6.08 Å². The highest BCUT2D eigenvalue weighted by Gasteiger charge is 2.75. The van der Waals surface area contributed by atoms with Gasteiger partial charge in [0.15, 0.2) is 21.2 Å². The summed E-state index contributed by atoms with van der Waals surface area (Å²) in [7, 11) is 3.99. The lowest BCUT2D eigenvalue weighted by molar-refractivity contribution is -0.122. The second-order valence-corrected chi connectivity index (χ2v) is 11.4. The number of aromatic hydroxyl groups is 1. The summed E-state index contributed by atoms with van der Waals surface area (Å²) in [5.74, 6) is -3.77. The van der Waals surface area contributed by atoms with Crippen molar-refractivity contribution in [3.63, 3.8) is 0 Å². The number of ether oxygens (including phenoxy) is 2. The Bertz CT molecular complexity index is 1770. The molecule has 3 heterocycles. The number of phenols is 1. The number of aromatic nitrogens is 3. The van der Waals surface area contributed by atoms with Crippen LogP contribution in [0.5, 0.6) is 17.2 Å². The van der Waals surface area contributed by atoms with E-state index < -0.39 is 50.7 Å². The van der Waals surface area contributed by atoms with Gasteiger partial charge in [0.05, 0.1) is 32.5 Å². The highest BCUT2D eigenvalue weighted by Crippen LogP contribution is 2.64. The Morgan fingerprint density at radius 2 is 1.59 bits per heavy atom. The van der Waals surface area contributed by atoms with Crippen molar-refractivity contribution in [2.24, 2.45) is 7.05 Å². The van der Waals surface area contributed by atoms with Crippen molar-refractivity contribution < 1.29 is 28.6 Å². The largest absolute Gasteiger partial charge is 0.502 e. The number of methoxy groups -OCH3 is 2. The molecule has 0 spiro atoms. The Balaban J connectivity index is 1.65. The third-order valence-corrected chi connectivity index (χ3v) is 9.60. The molecule has 1 saturated carbocycles. The van der Waals surface area contributed by atoms with Gasteiger partial charge in [-0.3, -0.25) is 9.59 Å². The van der Waals surface area contributed by atoms with Crippen molar-refractivity contribution in [3.05, 3.63) is 80.4 Å². The van der Waals surface area contributed by atoms with Gasteiger partial charge in [0, 0.05) is 19.4 Å². The number of benzene rings is 2. The maximum atomic E-state index is 14.3. The van der Waals surface area contributed by atoms with Crippen molar-refractivity contribution in [3.8, 4) is 17.2 Å². The number of rotatable bonds is 4. The van der Waals surface area contributed by atoms with E-state index >= 15 is 0 Å². The molecule has 1 aromatic heterocycles. The van der Waals surface area contributed by atoms with Crippen LogP contribution < -0.4 is 25.8 Å². The lowest BCUT2D eigenvalue weighted by Crippen LogP contribution is -2.59. The van der Waals surface area contributed by atoms with E-state index in [9.17, 15) is 28.7 Å². The number of fused-ring (bicyclic) bond motifs is 4. The van der Waals surface area contributed by atoms with E-state index in [1.807, 2.05) is 0 Å². The lowest BCUT2D eigenvalue weighted by Gasteiger charge is -2.49. The van der Waals surface area contributed by atoms with Crippen LogP contribution in [-0.2, 0) is 23.2 Å². The molecule has 6 rings (SSSR count). The Hall–Kier alpha value is -4.03. The molecule has 1 aliphatic carbocycles. The van der Waals surface area contributed by atoms with Gasteiger partial charge in [0.2, 0.25) is 5.75 Å². The molecule has 3 aromatic rings. The number of allylic oxidation sites excluding steroid dienone is 2.